The molecule has 6 aromatic carbocycles. The van der Waals surface area contributed by atoms with E-state index in [1.165, 1.54) is 38.4 Å². The van der Waals surface area contributed by atoms with Gasteiger partial charge in [0.1, 0.15) is 6.33 Å². The zero-order chi connectivity index (χ0) is 36.0. The van der Waals surface area contributed by atoms with Crippen LogP contribution in [0.5, 0.6) is 0 Å². The fourth-order valence-electron chi connectivity index (χ4n) is 6.84. The molecule has 265 valence electrons. The molecule has 9 aromatic rings. The molecule has 0 aliphatic heterocycles. The molecule has 0 saturated heterocycles. The summed E-state index contributed by atoms with van der Waals surface area (Å²) >= 11 is 0. The maximum absolute atomic E-state index is 8.56. The molecule has 0 saturated carbocycles. The van der Waals surface area contributed by atoms with Crippen LogP contribution in [-0.4, -0.2) is 42.4 Å². The van der Waals surface area contributed by atoms with Gasteiger partial charge < -0.3 is 10.2 Å². The van der Waals surface area contributed by atoms with Crippen molar-refractivity contribution in [3.05, 3.63) is 158 Å². The van der Waals surface area contributed by atoms with E-state index in [2.05, 4.69) is 129 Å². The summed E-state index contributed by atoms with van der Waals surface area (Å²) in [6.45, 7) is 5.35. The predicted octanol–water partition coefficient (Wildman–Crippen LogP) is 10.3. The molecule has 0 fully saturated rings. The predicted molar refractivity (Wildman–Crippen MR) is 214 cm³/mol. The molecule has 1 radical (unpaired) electrons. The molecule has 0 aliphatic rings. The van der Waals surface area contributed by atoms with Gasteiger partial charge in [-0.15, -0.1) is 29.7 Å². The van der Waals surface area contributed by atoms with Crippen molar-refractivity contribution in [2.24, 2.45) is 0 Å². The maximum Gasteiger partial charge on any atom is 0.105 e. The first-order valence-corrected chi connectivity index (χ1v) is 17.5. The zero-order valence-electron chi connectivity index (χ0n) is 29.7. The number of hydrogen-bond donors (Lipinski definition) is 2. The van der Waals surface area contributed by atoms with Gasteiger partial charge in [-0.2, -0.15) is 0 Å². The minimum absolute atomic E-state index is 0. The van der Waals surface area contributed by atoms with Crippen LogP contribution >= 0.6 is 0 Å². The van der Waals surface area contributed by atoms with Crippen LogP contribution in [0.4, 0.5) is 0 Å². The van der Waals surface area contributed by atoms with Gasteiger partial charge in [-0.25, -0.2) is 4.98 Å². The number of benzene rings is 6. The van der Waals surface area contributed by atoms with E-state index < -0.39 is 0 Å². The summed E-state index contributed by atoms with van der Waals surface area (Å²) in [5.74, 6) is 0. The van der Waals surface area contributed by atoms with Crippen LogP contribution in [0.3, 0.4) is 0 Å². The first kappa shape index (κ1) is 37.3. The van der Waals surface area contributed by atoms with Crippen LogP contribution in [0.1, 0.15) is 26.0 Å². The smallest absolute Gasteiger partial charge is 0.105 e. The summed E-state index contributed by atoms with van der Waals surface area (Å²) in [6.07, 6.45) is 5.11. The van der Waals surface area contributed by atoms with Gasteiger partial charge in [0.05, 0.1) is 23.2 Å². The summed E-state index contributed by atoms with van der Waals surface area (Å²) in [7, 11) is 0. The zero-order valence-corrected chi connectivity index (χ0v) is 32.1. The normalized spacial score (nSPS) is 12.0. The van der Waals surface area contributed by atoms with Crippen LogP contribution in [-0.2, 0) is 20.1 Å². The largest absolute Gasteiger partial charge is 0.393 e. The number of aryl methyl sites for hydroxylation is 1. The maximum atomic E-state index is 8.56. The third-order valence-electron chi connectivity index (χ3n) is 9.09. The third-order valence-corrected chi connectivity index (χ3v) is 9.09. The Morgan fingerprint density at radius 3 is 1.57 bits per heavy atom. The van der Waals surface area contributed by atoms with Gasteiger partial charge in [0.25, 0.3) is 0 Å². The van der Waals surface area contributed by atoms with E-state index in [1.54, 1.807) is 20.2 Å². The van der Waals surface area contributed by atoms with E-state index in [4.69, 9.17) is 10.2 Å². The van der Waals surface area contributed by atoms with Gasteiger partial charge in [-0.05, 0) is 77.9 Å². The second kappa shape index (κ2) is 16.9. The molecule has 0 aliphatic carbocycles. The number of rotatable bonds is 4. The minimum Gasteiger partial charge on any atom is -0.393 e. The molecule has 0 spiro atoms. The Morgan fingerprint density at radius 1 is 0.528 bits per heavy atom. The van der Waals surface area contributed by atoms with Crippen LogP contribution in [0.15, 0.2) is 146 Å². The van der Waals surface area contributed by atoms with E-state index in [1.807, 2.05) is 43.6 Å². The first-order valence-electron chi connectivity index (χ1n) is 17.5. The SMILES string of the molecule is CC(O)CC(C)O.Cc1ncnc2c3[c-]cccc3c3ccccc3c12.[Ir].c1ccc(-c2ccnc3c2ccc2c(-c4ccccc4)ccnc23)cc1. The number of aliphatic hydroxyl groups excluding tert-OH is 2. The van der Waals surface area contributed by atoms with Crippen molar-refractivity contribution in [3.63, 3.8) is 0 Å². The van der Waals surface area contributed by atoms with E-state index in [0.717, 1.165) is 43.8 Å². The fraction of sp³-hybridized carbons (Fsp3) is 0.130. The molecule has 53 heavy (non-hydrogen) atoms. The second-order valence-electron chi connectivity index (χ2n) is 12.9. The average Bonchev–Trinajstić information content (AvgIpc) is 3.18. The van der Waals surface area contributed by atoms with Crippen LogP contribution in [0, 0.1) is 13.0 Å². The molecule has 3 heterocycles. The number of aliphatic hydroxyl groups is 2. The fourth-order valence-corrected chi connectivity index (χ4v) is 6.84. The Balaban J connectivity index is 0.000000156. The summed E-state index contributed by atoms with van der Waals surface area (Å²) in [4.78, 5) is 18.2. The summed E-state index contributed by atoms with van der Waals surface area (Å²) in [6, 6.07) is 47.2. The van der Waals surface area contributed by atoms with E-state index >= 15 is 0 Å². The molecular weight excluding hydrogens is 833 g/mol. The van der Waals surface area contributed by atoms with Gasteiger partial charge in [-0.1, -0.05) is 108 Å². The first-order chi connectivity index (χ1) is 25.4. The Kier molecular flexibility index (Phi) is 11.9. The van der Waals surface area contributed by atoms with Crippen molar-refractivity contribution in [1.29, 1.82) is 0 Å². The minimum atomic E-state index is -0.375. The number of pyridine rings is 2. The molecule has 0 amide bonds. The number of fused-ring (bicyclic) bond motifs is 9. The number of aromatic nitrogens is 4. The third kappa shape index (κ3) is 7.99. The van der Waals surface area contributed by atoms with Crippen molar-refractivity contribution < 1.29 is 30.3 Å². The topological polar surface area (TPSA) is 92.0 Å². The number of nitrogens with zero attached hydrogens (tertiary/aromatic N) is 4. The van der Waals surface area contributed by atoms with Gasteiger partial charge in [0.2, 0.25) is 0 Å². The number of hydrogen-bond acceptors (Lipinski definition) is 6. The van der Waals surface area contributed by atoms with E-state index in [0.29, 0.717) is 6.42 Å². The van der Waals surface area contributed by atoms with Gasteiger partial charge in [-0.3, -0.25) is 15.0 Å². The van der Waals surface area contributed by atoms with Crippen molar-refractivity contribution >= 4 is 54.3 Å². The average molecular weight is 872 g/mol. The summed E-state index contributed by atoms with van der Waals surface area (Å²) < 4.78 is 0. The van der Waals surface area contributed by atoms with E-state index in [9.17, 15) is 0 Å². The van der Waals surface area contributed by atoms with E-state index in [-0.39, 0.29) is 32.3 Å². The molecule has 0 bridgehead atoms. The van der Waals surface area contributed by atoms with Crippen LogP contribution < -0.4 is 0 Å². The molecule has 7 heteroatoms. The van der Waals surface area contributed by atoms with Crippen molar-refractivity contribution in [2.45, 2.75) is 39.4 Å². The van der Waals surface area contributed by atoms with Crippen LogP contribution in [0.25, 0.3) is 76.5 Å². The molecule has 2 unspecified atom stereocenters. The van der Waals surface area contributed by atoms with Gasteiger partial charge in [0, 0.05) is 49.0 Å². The molecular formula is C46H39IrN4O2-. The second-order valence-corrected chi connectivity index (χ2v) is 12.9. The molecule has 2 atom stereocenters. The Hall–Kier alpha value is -5.43. The van der Waals surface area contributed by atoms with Crippen molar-refractivity contribution in [1.82, 2.24) is 19.9 Å². The quantitative estimate of drug-likeness (QED) is 0.135. The molecule has 6 nitrogen and oxygen atoms in total. The molecule has 3 aromatic heterocycles. The molecule has 2 N–H and O–H groups in total. The standard InChI is InChI=1S/C24H16N2.C17H11N2.C5H12O2.Ir/c1-3-7-17(8-4-1)19-13-15-25-23-21(19)11-12-22-20(14-16-26-24(22)23)18-9-5-2-6-10-18;1-11-16-14-8-4-2-6-12(14)13-7-3-5-9-15(13)17(16)19-10-18-11;1-4(6)3-5(2)7;/h1-16H;2-8,10H,1H3;4-7H,3H2,1-2H3;/q;-1;;. The van der Waals surface area contributed by atoms with Gasteiger partial charge >= 0.3 is 0 Å². The molecule has 9 rings (SSSR count). The summed E-state index contributed by atoms with van der Waals surface area (Å²) in [5.41, 5.74) is 8.65. The Morgan fingerprint density at radius 2 is 1.04 bits per heavy atom. The summed E-state index contributed by atoms with van der Waals surface area (Å²) in [5, 5.41) is 25.2. The van der Waals surface area contributed by atoms with Crippen molar-refractivity contribution in [3.8, 4) is 22.3 Å². The van der Waals surface area contributed by atoms with Crippen LogP contribution in [0.2, 0.25) is 0 Å². The van der Waals surface area contributed by atoms with Gasteiger partial charge in [0.15, 0.2) is 0 Å². The Bertz CT molecular complexity index is 2480. The van der Waals surface area contributed by atoms with Crippen molar-refractivity contribution in [2.75, 3.05) is 0 Å². The monoisotopic (exact) mass is 872 g/mol. The Labute approximate surface area is 322 Å².